The highest BCUT2D eigenvalue weighted by molar-refractivity contribution is 6.26. The van der Waals surface area contributed by atoms with Gasteiger partial charge in [0.25, 0.3) is 0 Å². The number of anilines is 6. The van der Waals surface area contributed by atoms with Crippen LogP contribution in [0, 0.1) is 0 Å². The van der Waals surface area contributed by atoms with E-state index >= 15 is 0 Å². The van der Waals surface area contributed by atoms with E-state index in [2.05, 4.69) is 350 Å². The Morgan fingerprint density at radius 1 is 0.185 bits per heavy atom. The third-order valence-electron chi connectivity index (χ3n) is 18.1. The highest BCUT2D eigenvalue weighted by Gasteiger charge is 2.22. The zero-order valence-electron chi connectivity index (χ0n) is 50.2. The number of para-hydroxylation sites is 2. The number of fused-ring (bicyclic) bond motifs is 14. The number of hydrogen-bond donors (Lipinski definition) is 0. The van der Waals surface area contributed by atoms with Gasteiger partial charge in [-0.2, -0.15) is 0 Å². The molecule has 432 valence electrons. The van der Waals surface area contributed by atoms with Gasteiger partial charge in [-0.1, -0.05) is 261 Å². The fourth-order valence-electron chi connectivity index (χ4n) is 13.6. The van der Waals surface area contributed by atoms with Crippen molar-refractivity contribution >= 4 is 121 Å². The first-order valence-corrected chi connectivity index (χ1v) is 31.4. The molecule has 92 heavy (non-hydrogen) atoms. The molecule has 4 heteroatoms. The van der Waals surface area contributed by atoms with Crippen LogP contribution in [-0.4, -0.2) is 0 Å². The quantitative estimate of drug-likeness (QED) is 0.128. The van der Waals surface area contributed by atoms with E-state index in [1.807, 2.05) is 12.1 Å². The largest absolute Gasteiger partial charge is 0.455 e. The van der Waals surface area contributed by atoms with Crippen LogP contribution in [0.4, 0.5) is 34.1 Å². The van der Waals surface area contributed by atoms with Gasteiger partial charge in [-0.15, -0.1) is 0 Å². The molecule has 0 aliphatic heterocycles. The van der Waals surface area contributed by atoms with Gasteiger partial charge in [0, 0.05) is 66.1 Å². The lowest BCUT2D eigenvalue weighted by Gasteiger charge is -2.28. The molecule has 0 radical (unpaired) electrons. The molecule has 0 unspecified atom stereocenters. The zero-order valence-corrected chi connectivity index (χ0v) is 50.2. The van der Waals surface area contributed by atoms with Gasteiger partial charge in [0.05, 0.1) is 5.69 Å². The Balaban J connectivity index is 0.000000141. The number of furan rings is 2. The van der Waals surface area contributed by atoms with E-state index in [4.69, 9.17) is 8.83 Å². The van der Waals surface area contributed by atoms with Crippen molar-refractivity contribution in [1.29, 1.82) is 0 Å². The maximum Gasteiger partial charge on any atom is 0.143 e. The summed E-state index contributed by atoms with van der Waals surface area (Å²) < 4.78 is 13.0. The van der Waals surface area contributed by atoms with Gasteiger partial charge in [-0.25, -0.2) is 0 Å². The molecular formula is C88H58N2O2. The first-order valence-electron chi connectivity index (χ1n) is 31.4. The number of rotatable bonds is 10. The van der Waals surface area contributed by atoms with Crippen LogP contribution in [0.2, 0.25) is 0 Å². The van der Waals surface area contributed by atoms with Gasteiger partial charge >= 0.3 is 0 Å². The minimum absolute atomic E-state index is 0.914. The molecule has 18 aromatic rings. The maximum atomic E-state index is 6.54. The van der Waals surface area contributed by atoms with Crippen molar-refractivity contribution in [2.24, 2.45) is 0 Å². The first-order chi connectivity index (χ1) is 45.6. The number of benzene rings is 16. The van der Waals surface area contributed by atoms with Crippen molar-refractivity contribution in [3.05, 3.63) is 352 Å². The summed E-state index contributed by atoms with van der Waals surface area (Å²) in [5, 5.41) is 13.9. The SMILES string of the molecule is c1ccc(-c2ccc(N(c3ccc(-c4ccccc4)cc3)c3cc4ccc5c6ccccc6oc5c4c4ccccc34)cc2)cc1.c1ccc(-c2ccc(N(c3ccc(-c4ccccc4)cc3)c3ccc4c(ccc5ccc6c7ccccc7oc6c54)c3)cc2)cc1. The van der Waals surface area contributed by atoms with Crippen molar-refractivity contribution in [3.8, 4) is 44.5 Å². The van der Waals surface area contributed by atoms with Crippen LogP contribution < -0.4 is 9.80 Å². The first kappa shape index (κ1) is 54.0. The molecule has 0 saturated heterocycles. The van der Waals surface area contributed by atoms with Crippen molar-refractivity contribution < 1.29 is 8.83 Å². The summed E-state index contributed by atoms with van der Waals surface area (Å²) in [6, 6.07) is 125. The number of hydrogen-bond acceptors (Lipinski definition) is 4. The maximum absolute atomic E-state index is 6.54. The minimum atomic E-state index is 0.914. The van der Waals surface area contributed by atoms with Gasteiger partial charge in [0.2, 0.25) is 0 Å². The monoisotopic (exact) mass is 1170 g/mol. The molecule has 4 nitrogen and oxygen atoms in total. The lowest BCUT2D eigenvalue weighted by molar-refractivity contribution is 0.672. The normalized spacial score (nSPS) is 11.5. The molecule has 16 aromatic carbocycles. The topological polar surface area (TPSA) is 32.8 Å². The third kappa shape index (κ3) is 9.75. The van der Waals surface area contributed by atoms with E-state index < -0.39 is 0 Å². The van der Waals surface area contributed by atoms with Crippen molar-refractivity contribution in [2.75, 3.05) is 9.80 Å². The second-order valence-corrected chi connectivity index (χ2v) is 23.5. The average molecular weight is 1180 g/mol. The molecular weight excluding hydrogens is 1120 g/mol. The molecule has 0 aliphatic rings. The highest BCUT2D eigenvalue weighted by atomic mass is 16.3. The molecule has 0 spiro atoms. The molecule has 0 atom stereocenters. The van der Waals surface area contributed by atoms with Crippen LogP contribution >= 0.6 is 0 Å². The predicted molar refractivity (Wildman–Crippen MR) is 389 cm³/mol. The Hall–Kier alpha value is -12.2. The summed E-state index contributed by atoms with van der Waals surface area (Å²) in [4.78, 5) is 4.73. The van der Waals surface area contributed by atoms with Gasteiger partial charge in [0.1, 0.15) is 22.3 Å². The second-order valence-electron chi connectivity index (χ2n) is 23.5. The Kier molecular flexibility index (Phi) is 13.5. The lowest BCUT2D eigenvalue weighted by Crippen LogP contribution is -2.10. The molecule has 0 amide bonds. The minimum Gasteiger partial charge on any atom is -0.455 e. The third-order valence-corrected chi connectivity index (χ3v) is 18.1. The molecule has 18 rings (SSSR count). The summed E-state index contributed by atoms with van der Waals surface area (Å²) >= 11 is 0. The standard InChI is InChI=1S/2C44H29NO/c1-3-11-30(12-4-1)32-19-24-35(25-20-32)45(36-26-21-33(22-27-36)31-13-5-2-6-14-31)41-29-34-23-28-40-38-16-9-10-18-42(38)46-44(40)43(34)39-17-8-7-15-37(39)41;1-3-9-30(10-4-1)32-17-22-36(23-18-32)45(37-24-19-33(20-25-37)31-11-5-2-6-12-31)38-26-28-39-35(29-38)16-15-34-21-27-41-40-13-7-8-14-42(40)46-44(41)43(34)39/h2*1-29H. The van der Waals surface area contributed by atoms with Gasteiger partial charge in [-0.05, 0) is 162 Å². The summed E-state index contributed by atoms with van der Waals surface area (Å²) in [5.41, 5.74) is 20.0. The Morgan fingerprint density at radius 2 is 0.500 bits per heavy atom. The van der Waals surface area contributed by atoms with Crippen LogP contribution in [0.1, 0.15) is 0 Å². The van der Waals surface area contributed by atoms with Crippen LogP contribution in [-0.2, 0) is 0 Å². The van der Waals surface area contributed by atoms with Gasteiger partial charge in [-0.3, -0.25) is 0 Å². The molecule has 0 bridgehead atoms. The smallest absolute Gasteiger partial charge is 0.143 e. The fourth-order valence-corrected chi connectivity index (χ4v) is 13.6. The Morgan fingerprint density at radius 3 is 0.946 bits per heavy atom. The predicted octanol–water partition coefficient (Wildman–Crippen LogP) is 25.4. The van der Waals surface area contributed by atoms with E-state index in [0.29, 0.717) is 0 Å². The van der Waals surface area contributed by atoms with E-state index in [1.165, 1.54) is 71.4 Å². The summed E-state index contributed by atoms with van der Waals surface area (Å²) in [7, 11) is 0. The molecule has 0 fully saturated rings. The van der Waals surface area contributed by atoms with E-state index in [0.717, 1.165) is 94.2 Å². The second kappa shape index (κ2) is 23.0. The fraction of sp³-hybridized carbons (Fsp3) is 0. The molecule has 0 saturated carbocycles. The number of nitrogens with zero attached hydrogens (tertiary/aromatic N) is 2. The van der Waals surface area contributed by atoms with Crippen LogP contribution in [0.3, 0.4) is 0 Å². The summed E-state index contributed by atoms with van der Waals surface area (Å²) in [6.07, 6.45) is 0. The summed E-state index contributed by atoms with van der Waals surface area (Å²) in [5.74, 6) is 0. The van der Waals surface area contributed by atoms with Crippen molar-refractivity contribution in [2.45, 2.75) is 0 Å². The van der Waals surface area contributed by atoms with Crippen LogP contribution in [0.15, 0.2) is 361 Å². The molecule has 0 N–H and O–H groups in total. The van der Waals surface area contributed by atoms with E-state index in [9.17, 15) is 0 Å². The zero-order chi connectivity index (χ0) is 60.9. The van der Waals surface area contributed by atoms with Crippen LogP contribution in [0.25, 0.3) is 131 Å². The van der Waals surface area contributed by atoms with Gasteiger partial charge < -0.3 is 18.6 Å². The lowest BCUT2D eigenvalue weighted by atomic mass is 9.96. The Labute approximate surface area is 533 Å². The summed E-state index contributed by atoms with van der Waals surface area (Å²) in [6.45, 7) is 0. The average Bonchev–Trinajstić information content (AvgIpc) is 1.45. The van der Waals surface area contributed by atoms with Crippen LogP contribution in [0.5, 0.6) is 0 Å². The Bertz CT molecular complexity index is 5540. The van der Waals surface area contributed by atoms with Crippen molar-refractivity contribution in [3.63, 3.8) is 0 Å². The highest BCUT2D eigenvalue weighted by Crippen LogP contribution is 2.47. The van der Waals surface area contributed by atoms with E-state index in [1.54, 1.807) is 0 Å². The van der Waals surface area contributed by atoms with Crippen molar-refractivity contribution in [1.82, 2.24) is 0 Å². The molecule has 2 heterocycles. The molecule has 2 aromatic heterocycles. The van der Waals surface area contributed by atoms with E-state index in [-0.39, 0.29) is 0 Å². The van der Waals surface area contributed by atoms with Gasteiger partial charge in [0.15, 0.2) is 0 Å². The molecule has 0 aliphatic carbocycles.